The van der Waals surface area contributed by atoms with E-state index < -0.39 is 20.0 Å². The highest BCUT2D eigenvalue weighted by molar-refractivity contribution is 7.93. The molecule has 0 atom stereocenters. The predicted molar refractivity (Wildman–Crippen MR) is 122 cm³/mol. The van der Waals surface area contributed by atoms with Gasteiger partial charge in [0, 0.05) is 12.2 Å². The van der Waals surface area contributed by atoms with E-state index in [-0.39, 0.29) is 9.79 Å². The van der Waals surface area contributed by atoms with E-state index in [1.165, 1.54) is 4.31 Å². The van der Waals surface area contributed by atoms with E-state index in [1.807, 2.05) is 6.92 Å². The first-order valence-corrected chi connectivity index (χ1v) is 12.9. The van der Waals surface area contributed by atoms with Gasteiger partial charge >= 0.3 is 0 Å². The summed E-state index contributed by atoms with van der Waals surface area (Å²) >= 11 is 0. The molecule has 0 saturated carbocycles. The number of anilines is 2. The van der Waals surface area contributed by atoms with Gasteiger partial charge in [-0.25, -0.2) is 16.8 Å². The standard InChI is InChI=1S/C23H24N2O4S2/c1-17-9-12-21(13-10-17)31(28,29)25-15-5-7-19-16-20(11-14-22(19)25)24-30(26,27)23-8-4-3-6-18(23)2/h3-4,6,8-14,16,24H,5,7,15H2,1-2H3. The van der Waals surface area contributed by atoms with Gasteiger partial charge in [-0.15, -0.1) is 0 Å². The Bertz CT molecular complexity index is 1330. The summed E-state index contributed by atoms with van der Waals surface area (Å²) in [4.78, 5) is 0.464. The molecular weight excluding hydrogens is 432 g/mol. The summed E-state index contributed by atoms with van der Waals surface area (Å²) in [5.74, 6) is 0. The fourth-order valence-electron chi connectivity index (χ4n) is 3.78. The maximum Gasteiger partial charge on any atom is 0.264 e. The maximum atomic E-state index is 13.2. The zero-order valence-corrected chi connectivity index (χ0v) is 19.0. The summed E-state index contributed by atoms with van der Waals surface area (Å²) in [6.07, 6.45) is 1.33. The molecular formula is C23H24N2O4S2. The SMILES string of the molecule is Cc1ccc(S(=O)(=O)N2CCCc3cc(NS(=O)(=O)c4ccccc4C)ccc32)cc1. The third kappa shape index (κ3) is 4.18. The topological polar surface area (TPSA) is 83.6 Å². The van der Waals surface area contributed by atoms with Gasteiger partial charge in [-0.05, 0) is 74.2 Å². The van der Waals surface area contributed by atoms with Crippen LogP contribution in [0, 0.1) is 13.8 Å². The molecule has 0 amide bonds. The zero-order chi connectivity index (χ0) is 22.2. The quantitative estimate of drug-likeness (QED) is 0.622. The number of benzene rings is 3. The average Bonchev–Trinajstić information content (AvgIpc) is 2.73. The van der Waals surface area contributed by atoms with E-state index in [1.54, 1.807) is 73.7 Å². The summed E-state index contributed by atoms with van der Waals surface area (Å²) in [7, 11) is -7.44. The molecule has 3 aromatic rings. The molecule has 0 bridgehead atoms. The largest absolute Gasteiger partial charge is 0.280 e. The Morgan fingerprint density at radius 3 is 2.29 bits per heavy atom. The van der Waals surface area contributed by atoms with E-state index in [9.17, 15) is 16.8 Å². The lowest BCUT2D eigenvalue weighted by Gasteiger charge is -2.31. The van der Waals surface area contributed by atoms with Gasteiger partial charge in [0.05, 0.1) is 15.5 Å². The minimum absolute atomic E-state index is 0.219. The van der Waals surface area contributed by atoms with Gasteiger partial charge in [0.15, 0.2) is 0 Å². The van der Waals surface area contributed by atoms with Crippen LogP contribution in [0.4, 0.5) is 11.4 Å². The van der Waals surface area contributed by atoms with Crippen LogP contribution in [0.25, 0.3) is 0 Å². The highest BCUT2D eigenvalue weighted by Gasteiger charge is 2.29. The highest BCUT2D eigenvalue weighted by Crippen LogP contribution is 2.34. The molecule has 0 radical (unpaired) electrons. The lowest BCUT2D eigenvalue weighted by atomic mass is 10.0. The lowest BCUT2D eigenvalue weighted by molar-refractivity contribution is 0.586. The normalized spacial score (nSPS) is 14.2. The smallest absolute Gasteiger partial charge is 0.264 e. The summed E-state index contributed by atoms with van der Waals surface area (Å²) < 4.78 is 56.1. The first-order valence-electron chi connectivity index (χ1n) is 9.99. The Hall–Kier alpha value is -2.84. The Morgan fingerprint density at radius 2 is 1.58 bits per heavy atom. The van der Waals surface area contributed by atoms with Gasteiger partial charge in [0.1, 0.15) is 0 Å². The van der Waals surface area contributed by atoms with E-state index in [0.717, 1.165) is 11.1 Å². The molecule has 0 spiro atoms. The molecule has 6 nitrogen and oxygen atoms in total. The van der Waals surface area contributed by atoms with Gasteiger partial charge in [-0.2, -0.15) is 0 Å². The molecule has 1 aliphatic rings. The van der Waals surface area contributed by atoms with Crippen molar-refractivity contribution in [1.82, 2.24) is 0 Å². The van der Waals surface area contributed by atoms with Crippen LogP contribution in [-0.4, -0.2) is 23.4 Å². The molecule has 4 rings (SSSR count). The minimum Gasteiger partial charge on any atom is -0.280 e. The second-order valence-electron chi connectivity index (χ2n) is 7.71. The first-order chi connectivity index (χ1) is 14.7. The van der Waals surface area contributed by atoms with Gasteiger partial charge in [0.2, 0.25) is 0 Å². The fraction of sp³-hybridized carbons (Fsp3) is 0.217. The number of nitrogens with one attached hydrogen (secondary N) is 1. The molecule has 8 heteroatoms. The maximum absolute atomic E-state index is 13.2. The second kappa shape index (κ2) is 8.01. The number of hydrogen-bond donors (Lipinski definition) is 1. The Morgan fingerprint density at radius 1 is 0.871 bits per heavy atom. The van der Waals surface area contributed by atoms with Crippen LogP contribution < -0.4 is 9.03 Å². The van der Waals surface area contributed by atoms with Crippen molar-refractivity contribution >= 4 is 31.4 Å². The molecule has 162 valence electrons. The van der Waals surface area contributed by atoms with E-state index in [0.29, 0.717) is 36.3 Å². The van der Waals surface area contributed by atoms with Crippen LogP contribution in [0.1, 0.15) is 23.1 Å². The molecule has 0 aliphatic carbocycles. The third-order valence-corrected chi connectivity index (χ3v) is 8.77. The molecule has 0 aromatic heterocycles. The monoisotopic (exact) mass is 456 g/mol. The second-order valence-corrected chi connectivity index (χ2v) is 11.2. The van der Waals surface area contributed by atoms with Crippen LogP contribution in [0.15, 0.2) is 76.5 Å². The molecule has 0 saturated heterocycles. The van der Waals surface area contributed by atoms with Crippen LogP contribution in [0.5, 0.6) is 0 Å². The summed E-state index contributed by atoms with van der Waals surface area (Å²) in [5, 5.41) is 0. The van der Waals surface area contributed by atoms with E-state index in [4.69, 9.17) is 0 Å². The number of nitrogens with zero attached hydrogens (tertiary/aromatic N) is 1. The fourth-order valence-corrected chi connectivity index (χ4v) is 6.62. The third-order valence-electron chi connectivity index (χ3n) is 5.40. The van der Waals surface area contributed by atoms with Crippen molar-refractivity contribution < 1.29 is 16.8 Å². The van der Waals surface area contributed by atoms with Crippen LogP contribution >= 0.6 is 0 Å². The molecule has 3 aromatic carbocycles. The molecule has 1 N–H and O–H groups in total. The van der Waals surface area contributed by atoms with Gasteiger partial charge in [-0.3, -0.25) is 9.03 Å². The van der Waals surface area contributed by atoms with Crippen molar-refractivity contribution in [3.63, 3.8) is 0 Å². The molecule has 1 aliphatic heterocycles. The predicted octanol–water partition coefficient (Wildman–Crippen LogP) is 4.25. The molecule has 1 heterocycles. The molecule has 0 fully saturated rings. The van der Waals surface area contributed by atoms with Crippen molar-refractivity contribution in [2.45, 2.75) is 36.5 Å². The lowest BCUT2D eigenvalue weighted by Crippen LogP contribution is -2.35. The Balaban J connectivity index is 1.66. The Kier molecular flexibility index (Phi) is 5.53. The van der Waals surface area contributed by atoms with Gasteiger partial charge < -0.3 is 0 Å². The van der Waals surface area contributed by atoms with Crippen molar-refractivity contribution in [3.8, 4) is 0 Å². The van der Waals surface area contributed by atoms with Crippen molar-refractivity contribution in [1.29, 1.82) is 0 Å². The van der Waals surface area contributed by atoms with Crippen molar-refractivity contribution in [2.24, 2.45) is 0 Å². The van der Waals surface area contributed by atoms with Crippen LogP contribution in [-0.2, 0) is 26.5 Å². The number of rotatable bonds is 5. The zero-order valence-electron chi connectivity index (χ0n) is 17.4. The molecule has 31 heavy (non-hydrogen) atoms. The van der Waals surface area contributed by atoms with E-state index >= 15 is 0 Å². The summed E-state index contributed by atoms with van der Waals surface area (Å²) in [6.45, 7) is 4.04. The van der Waals surface area contributed by atoms with Gasteiger partial charge in [0.25, 0.3) is 20.0 Å². The summed E-state index contributed by atoms with van der Waals surface area (Å²) in [5.41, 5.74) is 3.45. The average molecular weight is 457 g/mol. The number of sulfonamides is 2. The Labute approximate surface area is 183 Å². The number of aryl methyl sites for hydroxylation is 3. The van der Waals surface area contributed by atoms with Crippen LogP contribution in [0.2, 0.25) is 0 Å². The van der Waals surface area contributed by atoms with E-state index in [2.05, 4.69) is 4.72 Å². The summed E-state index contributed by atoms with van der Waals surface area (Å²) in [6, 6.07) is 18.6. The number of fused-ring (bicyclic) bond motifs is 1. The van der Waals surface area contributed by atoms with Crippen molar-refractivity contribution in [2.75, 3.05) is 15.6 Å². The number of hydrogen-bond acceptors (Lipinski definition) is 4. The van der Waals surface area contributed by atoms with Crippen LogP contribution in [0.3, 0.4) is 0 Å². The first kappa shape index (κ1) is 21.4. The van der Waals surface area contributed by atoms with Crippen molar-refractivity contribution in [3.05, 3.63) is 83.4 Å². The highest BCUT2D eigenvalue weighted by atomic mass is 32.2. The minimum atomic E-state index is -3.74. The van der Waals surface area contributed by atoms with Gasteiger partial charge in [-0.1, -0.05) is 35.9 Å². The molecule has 0 unspecified atom stereocenters.